The van der Waals surface area contributed by atoms with Crippen molar-refractivity contribution in [2.75, 3.05) is 13.2 Å². The van der Waals surface area contributed by atoms with E-state index in [0.29, 0.717) is 0 Å². The molecule has 0 aliphatic rings. The summed E-state index contributed by atoms with van der Waals surface area (Å²) in [6.07, 6.45) is -0.553. The van der Waals surface area contributed by atoms with Crippen LogP contribution in [0.4, 0.5) is 0 Å². The molecule has 0 atom stereocenters. The number of carboxylic acids is 1. The molecule has 16 heavy (non-hydrogen) atoms. The van der Waals surface area contributed by atoms with Crippen molar-refractivity contribution in [1.82, 2.24) is 0 Å². The normalized spacial score (nSPS) is 9.94. The van der Waals surface area contributed by atoms with Gasteiger partial charge in [0.2, 0.25) is 0 Å². The molecule has 0 aromatic rings. The van der Waals surface area contributed by atoms with Crippen molar-refractivity contribution in [3.63, 3.8) is 0 Å². The van der Waals surface area contributed by atoms with Crippen LogP contribution in [0.1, 0.15) is 26.7 Å². The van der Waals surface area contributed by atoms with Gasteiger partial charge in [0.1, 0.15) is 0 Å². The quantitative estimate of drug-likeness (QED) is 0.423. The predicted octanol–water partition coefficient (Wildman–Crippen LogP) is -0.741. The Morgan fingerprint density at radius 1 is 1.06 bits per heavy atom. The van der Waals surface area contributed by atoms with Gasteiger partial charge < -0.3 is 19.4 Å². The first-order valence-electron chi connectivity index (χ1n) is 5.06. The Labute approximate surface area is 93.5 Å². The minimum atomic E-state index is -1.32. The van der Waals surface area contributed by atoms with E-state index in [1.165, 1.54) is 0 Å². The van der Waals surface area contributed by atoms with Gasteiger partial charge in [-0.05, 0) is 26.7 Å². The summed E-state index contributed by atoms with van der Waals surface area (Å²) >= 11 is 0. The lowest BCUT2D eigenvalue weighted by Gasteiger charge is -2.14. The number of aliphatic carboxylic acids is 1. The summed E-state index contributed by atoms with van der Waals surface area (Å²) in [5.41, 5.74) is 0. The van der Waals surface area contributed by atoms with Crippen molar-refractivity contribution in [3.8, 4) is 0 Å². The molecule has 0 aliphatic heterocycles. The van der Waals surface area contributed by atoms with Crippen LogP contribution in [-0.4, -0.2) is 31.1 Å². The number of carbonyl (C=O) groups excluding carboxylic acids is 3. The number of ether oxygens (including phenoxy) is 2. The van der Waals surface area contributed by atoms with E-state index in [-0.39, 0.29) is 26.1 Å². The average Bonchev–Trinajstić information content (AvgIpc) is 2.18. The minimum absolute atomic E-state index is 0.125. The monoisotopic (exact) mass is 231 g/mol. The lowest BCUT2D eigenvalue weighted by atomic mass is 10.0. The number of hydrogen-bond donors (Lipinski definition) is 0. The second kappa shape index (κ2) is 7.67. The van der Waals surface area contributed by atoms with Crippen LogP contribution in [-0.2, 0) is 23.9 Å². The molecule has 6 heteroatoms. The summed E-state index contributed by atoms with van der Waals surface area (Å²) in [5.74, 6) is -4.03. The molecule has 0 saturated carbocycles. The van der Waals surface area contributed by atoms with Crippen molar-refractivity contribution >= 4 is 17.9 Å². The molecule has 0 unspecified atom stereocenters. The van der Waals surface area contributed by atoms with E-state index in [0.717, 1.165) is 0 Å². The van der Waals surface area contributed by atoms with Gasteiger partial charge in [-0.3, -0.25) is 9.59 Å². The first-order chi connectivity index (χ1) is 7.52. The minimum Gasteiger partial charge on any atom is -0.550 e. The van der Waals surface area contributed by atoms with Crippen LogP contribution in [0.3, 0.4) is 0 Å². The van der Waals surface area contributed by atoms with Crippen LogP contribution in [0.2, 0.25) is 0 Å². The smallest absolute Gasteiger partial charge is 0.320 e. The molecule has 0 saturated heterocycles. The van der Waals surface area contributed by atoms with Crippen LogP contribution in [0, 0.1) is 5.92 Å². The molecule has 0 spiro atoms. The van der Waals surface area contributed by atoms with Gasteiger partial charge in [0.15, 0.2) is 5.92 Å². The van der Waals surface area contributed by atoms with Crippen LogP contribution < -0.4 is 5.11 Å². The van der Waals surface area contributed by atoms with Gasteiger partial charge >= 0.3 is 11.9 Å². The molecule has 0 aromatic heterocycles. The van der Waals surface area contributed by atoms with E-state index in [4.69, 9.17) is 0 Å². The lowest BCUT2D eigenvalue weighted by Crippen LogP contribution is -2.31. The fourth-order valence-electron chi connectivity index (χ4n) is 1.08. The summed E-state index contributed by atoms with van der Waals surface area (Å²) in [5, 5.41) is 10.2. The maximum Gasteiger partial charge on any atom is 0.320 e. The average molecular weight is 231 g/mol. The van der Waals surface area contributed by atoms with Crippen LogP contribution in [0.5, 0.6) is 0 Å². The number of carboxylic acid groups (broad SMARTS) is 1. The highest BCUT2D eigenvalue weighted by Crippen LogP contribution is 2.11. The molecule has 0 rings (SSSR count). The second-order valence-electron chi connectivity index (χ2n) is 2.97. The first-order valence-corrected chi connectivity index (χ1v) is 5.06. The molecule has 0 amide bonds. The van der Waals surface area contributed by atoms with E-state index in [1.54, 1.807) is 13.8 Å². The summed E-state index contributed by atoms with van der Waals surface area (Å²) in [4.78, 5) is 32.9. The third-order valence-electron chi connectivity index (χ3n) is 1.78. The first kappa shape index (κ1) is 14.4. The zero-order valence-corrected chi connectivity index (χ0v) is 9.36. The third-order valence-corrected chi connectivity index (χ3v) is 1.78. The predicted molar refractivity (Wildman–Crippen MR) is 51.0 cm³/mol. The van der Waals surface area contributed by atoms with Crippen molar-refractivity contribution in [3.05, 3.63) is 0 Å². The molecule has 0 aromatic carbocycles. The zero-order valence-electron chi connectivity index (χ0n) is 9.36. The van der Waals surface area contributed by atoms with Gasteiger partial charge in [0, 0.05) is 5.97 Å². The van der Waals surface area contributed by atoms with E-state index in [2.05, 4.69) is 9.47 Å². The van der Waals surface area contributed by atoms with Gasteiger partial charge in [-0.1, -0.05) is 0 Å². The molecular weight excluding hydrogens is 216 g/mol. The van der Waals surface area contributed by atoms with E-state index >= 15 is 0 Å². The van der Waals surface area contributed by atoms with Crippen molar-refractivity contribution in [1.29, 1.82) is 0 Å². The highest BCUT2D eigenvalue weighted by molar-refractivity contribution is 5.95. The van der Waals surface area contributed by atoms with Gasteiger partial charge in [0.05, 0.1) is 13.2 Å². The Morgan fingerprint density at radius 2 is 1.50 bits per heavy atom. The Morgan fingerprint density at radius 3 is 1.81 bits per heavy atom. The number of rotatable bonds is 7. The summed E-state index contributed by atoms with van der Waals surface area (Å²) in [6.45, 7) is 3.44. The number of carbonyl (C=O) groups is 3. The van der Waals surface area contributed by atoms with Crippen molar-refractivity contribution < 1.29 is 29.0 Å². The van der Waals surface area contributed by atoms with Gasteiger partial charge in [-0.25, -0.2) is 0 Å². The summed E-state index contributed by atoms with van der Waals surface area (Å²) in [7, 11) is 0. The standard InChI is InChI=1S/C10H16O6/c1-3-15-9(13)7(5-6-8(11)12)10(14)16-4-2/h7H,3-6H2,1-2H3,(H,11,12)/p-1. The fourth-order valence-corrected chi connectivity index (χ4v) is 1.08. The lowest BCUT2D eigenvalue weighted by molar-refractivity contribution is -0.305. The molecule has 6 nitrogen and oxygen atoms in total. The molecule has 0 aliphatic carbocycles. The second-order valence-corrected chi connectivity index (χ2v) is 2.97. The van der Waals surface area contributed by atoms with Gasteiger partial charge in [0.25, 0.3) is 0 Å². The highest BCUT2D eigenvalue weighted by atomic mass is 16.6. The molecule has 0 radical (unpaired) electrons. The molecule has 92 valence electrons. The Bertz CT molecular complexity index is 242. The zero-order chi connectivity index (χ0) is 12.6. The van der Waals surface area contributed by atoms with Crippen molar-refractivity contribution in [2.45, 2.75) is 26.7 Å². The molecule has 0 bridgehead atoms. The van der Waals surface area contributed by atoms with E-state index in [9.17, 15) is 19.5 Å². The summed E-state index contributed by atoms with van der Waals surface area (Å²) in [6, 6.07) is 0. The van der Waals surface area contributed by atoms with Crippen molar-refractivity contribution in [2.24, 2.45) is 5.92 Å². The Hall–Kier alpha value is -1.59. The van der Waals surface area contributed by atoms with Gasteiger partial charge in [-0.2, -0.15) is 0 Å². The van der Waals surface area contributed by atoms with E-state index < -0.39 is 23.8 Å². The third kappa shape index (κ3) is 5.33. The van der Waals surface area contributed by atoms with Crippen LogP contribution >= 0.6 is 0 Å². The highest BCUT2D eigenvalue weighted by Gasteiger charge is 2.28. The maximum atomic E-state index is 11.3. The van der Waals surface area contributed by atoms with Gasteiger partial charge in [-0.15, -0.1) is 0 Å². The van der Waals surface area contributed by atoms with Crippen LogP contribution in [0.25, 0.3) is 0 Å². The Kier molecular flexibility index (Phi) is 6.91. The molecule has 0 heterocycles. The Balaban J connectivity index is 4.42. The molecule has 0 fully saturated rings. The van der Waals surface area contributed by atoms with E-state index in [1.807, 2.05) is 0 Å². The summed E-state index contributed by atoms with van der Waals surface area (Å²) < 4.78 is 9.30. The van der Waals surface area contributed by atoms with Crippen LogP contribution in [0.15, 0.2) is 0 Å². The number of esters is 2. The molecular formula is C10H15O6-. The fraction of sp³-hybridized carbons (Fsp3) is 0.700. The topological polar surface area (TPSA) is 92.7 Å². The molecule has 0 N–H and O–H groups in total. The largest absolute Gasteiger partial charge is 0.550 e. The maximum absolute atomic E-state index is 11.3. The SMILES string of the molecule is CCOC(=O)C(CCC(=O)[O-])C(=O)OCC. The number of hydrogen-bond acceptors (Lipinski definition) is 6.